The van der Waals surface area contributed by atoms with Crippen LogP contribution in [-0.4, -0.2) is 49.8 Å². The maximum Gasteiger partial charge on any atom is 0.239 e. The molecule has 1 heterocycles. The molecule has 1 aromatic heterocycles. The zero-order chi connectivity index (χ0) is 12.5. The van der Waals surface area contributed by atoms with Crippen LogP contribution in [-0.2, 0) is 9.53 Å². The lowest BCUT2D eigenvalue weighted by molar-refractivity contribution is -0.119. The Bertz CT molecular complexity index is 342. The summed E-state index contributed by atoms with van der Waals surface area (Å²) in [6.07, 6.45) is 3.05. The normalized spacial score (nSPS) is 9.76. The molecular weight excluding hydrogens is 224 g/mol. The number of hydrogen-bond acceptors (Lipinski definition) is 6. The van der Waals surface area contributed by atoms with Crippen molar-refractivity contribution in [3.05, 3.63) is 12.4 Å². The Balaban J connectivity index is 2.27. The fourth-order valence-electron chi connectivity index (χ4n) is 1.03. The fraction of sp³-hybridized carbons (Fsp3) is 0.500. The summed E-state index contributed by atoms with van der Waals surface area (Å²) in [4.78, 5) is 19.2. The van der Waals surface area contributed by atoms with Crippen molar-refractivity contribution in [3.63, 3.8) is 0 Å². The summed E-state index contributed by atoms with van der Waals surface area (Å²) in [7, 11) is 3.12. The first-order valence-electron chi connectivity index (χ1n) is 5.12. The highest BCUT2D eigenvalue weighted by Gasteiger charge is 2.02. The molecule has 0 bridgehead atoms. The van der Waals surface area contributed by atoms with E-state index in [1.165, 1.54) is 19.5 Å². The zero-order valence-electron chi connectivity index (χ0n) is 9.90. The van der Waals surface area contributed by atoms with Crippen LogP contribution >= 0.6 is 0 Å². The molecule has 0 unspecified atom stereocenters. The number of rotatable bonds is 7. The van der Waals surface area contributed by atoms with Crippen LogP contribution in [0.25, 0.3) is 0 Å². The molecule has 17 heavy (non-hydrogen) atoms. The average Bonchev–Trinajstić information content (AvgIpc) is 2.37. The first kappa shape index (κ1) is 13.2. The number of carbonyl (C=O) groups is 1. The van der Waals surface area contributed by atoms with E-state index in [2.05, 4.69) is 20.6 Å². The van der Waals surface area contributed by atoms with E-state index in [9.17, 15) is 4.79 Å². The third-order valence-corrected chi connectivity index (χ3v) is 1.90. The van der Waals surface area contributed by atoms with Gasteiger partial charge in [0.2, 0.25) is 11.9 Å². The highest BCUT2D eigenvalue weighted by molar-refractivity contribution is 5.80. The van der Waals surface area contributed by atoms with Crippen molar-refractivity contribution in [2.24, 2.45) is 0 Å². The van der Waals surface area contributed by atoms with Gasteiger partial charge in [-0.15, -0.1) is 0 Å². The zero-order valence-corrected chi connectivity index (χ0v) is 9.90. The molecule has 0 saturated carbocycles. The monoisotopic (exact) mass is 240 g/mol. The maximum atomic E-state index is 11.3. The van der Waals surface area contributed by atoms with E-state index >= 15 is 0 Å². The molecule has 0 fully saturated rings. The van der Waals surface area contributed by atoms with Crippen LogP contribution in [0.15, 0.2) is 12.4 Å². The summed E-state index contributed by atoms with van der Waals surface area (Å²) in [6, 6.07) is 0. The topological polar surface area (TPSA) is 85.4 Å². The predicted molar refractivity (Wildman–Crippen MR) is 62.0 cm³/mol. The third-order valence-electron chi connectivity index (χ3n) is 1.90. The molecule has 0 saturated heterocycles. The minimum atomic E-state index is -0.138. The molecule has 1 aromatic rings. The van der Waals surface area contributed by atoms with Gasteiger partial charge in [-0.25, -0.2) is 9.97 Å². The van der Waals surface area contributed by atoms with Crippen LogP contribution in [0.5, 0.6) is 5.75 Å². The van der Waals surface area contributed by atoms with Gasteiger partial charge in [0.1, 0.15) is 0 Å². The van der Waals surface area contributed by atoms with E-state index in [0.29, 0.717) is 24.8 Å². The van der Waals surface area contributed by atoms with Crippen molar-refractivity contribution in [2.75, 3.05) is 39.2 Å². The number of anilines is 1. The second-order valence-electron chi connectivity index (χ2n) is 3.14. The molecule has 0 aliphatic rings. The molecule has 7 nitrogen and oxygen atoms in total. The standard InChI is InChI=1S/C10H16N4O3/c1-16-4-3-11-9(15)7-14-10-12-5-8(17-2)6-13-10/h5-6H,3-4,7H2,1-2H3,(H,11,15)(H,12,13,14). The van der Waals surface area contributed by atoms with Gasteiger partial charge in [0, 0.05) is 13.7 Å². The SMILES string of the molecule is COCCNC(=O)CNc1ncc(OC)cn1. The van der Waals surface area contributed by atoms with E-state index in [0.717, 1.165) is 0 Å². The van der Waals surface area contributed by atoms with E-state index in [-0.39, 0.29) is 12.5 Å². The van der Waals surface area contributed by atoms with Gasteiger partial charge in [-0.1, -0.05) is 0 Å². The summed E-state index contributed by atoms with van der Waals surface area (Å²) in [5, 5.41) is 5.46. The van der Waals surface area contributed by atoms with Crippen LogP contribution in [0.4, 0.5) is 5.95 Å². The number of ether oxygens (including phenoxy) is 2. The number of nitrogens with zero attached hydrogens (tertiary/aromatic N) is 2. The van der Waals surface area contributed by atoms with Gasteiger partial charge < -0.3 is 20.1 Å². The van der Waals surface area contributed by atoms with Crippen LogP contribution in [0.1, 0.15) is 0 Å². The average molecular weight is 240 g/mol. The number of hydrogen-bond donors (Lipinski definition) is 2. The number of nitrogens with one attached hydrogen (secondary N) is 2. The molecule has 0 aromatic carbocycles. The van der Waals surface area contributed by atoms with Crippen molar-refractivity contribution in [2.45, 2.75) is 0 Å². The van der Waals surface area contributed by atoms with Gasteiger partial charge in [-0.3, -0.25) is 4.79 Å². The molecule has 0 atom stereocenters. The molecule has 0 aliphatic carbocycles. The molecule has 0 aliphatic heterocycles. The summed E-state index contributed by atoms with van der Waals surface area (Å²) >= 11 is 0. The lowest BCUT2D eigenvalue weighted by atomic mass is 10.5. The molecule has 94 valence electrons. The fourth-order valence-corrected chi connectivity index (χ4v) is 1.03. The molecule has 0 radical (unpaired) electrons. The Labute approximate surface area is 99.5 Å². The van der Waals surface area contributed by atoms with Crippen LogP contribution in [0, 0.1) is 0 Å². The van der Waals surface area contributed by atoms with E-state index in [4.69, 9.17) is 9.47 Å². The van der Waals surface area contributed by atoms with Gasteiger partial charge >= 0.3 is 0 Å². The minimum absolute atomic E-state index is 0.121. The third kappa shape index (κ3) is 5.12. The molecular formula is C10H16N4O3. The van der Waals surface area contributed by atoms with Crippen molar-refractivity contribution in [1.82, 2.24) is 15.3 Å². The highest BCUT2D eigenvalue weighted by atomic mass is 16.5. The van der Waals surface area contributed by atoms with Gasteiger partial charge in [-0.2, -0.15) is 0 Å². The second-order valence-corrected chi connectivity index (χ2v) is 3.14. The predicted octanol–water partition coefficient (Wildman–Crippen LogP) is -0.340. The van der Waals surface area contributed by atoms with Crippen LogP contribution < -0.4 is 15.4 Å². The largest absolute Gasteiger partial charge is 0.494 e. The van der Waals surface area contributed by atoms with Crippen molar-refractivity contribution in [3.8, 4) is 5.75 Å². The Kier molecular flexibility index (Phi) is 5.73. The van der Waals surface area contributed by atoms with E-state index < -0.39 is 0 Å². The Morgan fingerprint density at radius 1 is 1.35 bits per heavy atom. The molecule has 0 spiro atoms. The Morgan fingerprint density at radius 2 is 2.06 bits per heavy atom. The van der Waals surface area contributed by atoms with Crippen molar-refractivity contribution in [1.29, 1.82) is 0 Å². The van der Waals surface area contributed by atoms with E-state index in [1.807, 2.05) is 0 Å². The smallest absolute Gasteiger partial charge is 0.239 e. The number of amides is 1. The Hall–Kier alpha value is -1.89. The first-order chi connectivity index (χ1) is 8.26. The second kappa shape index (κ2) is 7.39. The van der Waals surface area contributed by atoms with Gasteiger partial charge in [0.25, 0.3) is 0 Å². The minimum Gasteiger partial charge on any atom is -0.494 e. The summed E-state index contributed by atoms with van der Waals surface area (Å²) in [5.41, 5.74) is 0. The lowest BCUT2D eigenvalue weighted by Crippen LogP contribution is -2.32. The van der Waals surface area contributed by atoms with Gasteiger partial charge in [0.15, 0.2) is 5.75 Å². The lowest BCUT2D eigenvalue weighted by Gasteiger charge is -2.06. The van der Waals surface area contributed by atoms with Crippen molar-refractivity contribution < 1.29 is 14.3 Å². The van der Waals surface area contributed by atoms with Crippen molar-refractivity contribution >= 4 is 11.9 Å². The number of aromatic nitrogens is 2. The first-order valence-corrected chi connectivity index (χ1v) is 5.12. The van der Waals surface area contributed by atoms with Crippen LogP contribution in [0.3, 0.4) is 0 Å². The highest BCUT2D eigenvalue weighted by Crippen LogP contribution is 2.06. The van der Waals surface area contributed by atoms with Gasteiger partial charge in [0.05, 0.1) is 32.7 Å². The number of methoxy groups -OCH3 is 2. The molecule has 1 amide bonds. The number of carbonyl (C=O) groups excluding carboxylic acids is 1. The van der Waals surface area contributed by atoms with Gasteiger partial charge in [-0.05, 0) is 0 Å². The maximum absolute atomic E-state index is 11.3. The van der Waals surface area contributed by atoms with Crippen LogP contribution in [0.2, 0.25) is 0 Å². The quantitative estimate of drug-likeness (QED) is 0.634. The summed E-state index contributed by atoms with van der Waals surface area (Å²) in [5.74, 6) is 0.814. The summed E-state index contributed by atoms with van der Waals surface area (Å²) in [6.45, 7) is 1.10. The molecule has 1 rings (SSSR count). The summed E-state index contributed by atoms with van der Waals surface area (Å²) < 4.78 is 9.72. The molecule has 2 N–H and O–H groups in total. The molecule has 7 heteroatoms. The Morgan fingerprint density at radius 3 is 2.65 bits per heavy atom. The van der Waals surface area contributed by atoms with E-state index in [1.54, 1.807) is 7.11 Å².